The molecule has 0 bridgehead atoms. The van der Waals surface area contributed by atoms with Gasteiger partial charge in [0.1, 0.15) is 6.04 Å². The van der Waals surface area contributed by atoms with E-state index < -0.39 is 0 Å². The zero-order chi connectivity index (χ0) is 14.7. The van der Waals surface area contributed by atoms with Gasteiger partial charge in [-0.25, -0.2) is 0 Å². The van der Waals surface area contributed by atoms with Crippen LogP contribution in [0.3, 0.4) is 0 Å². The van der Waals surface area contributed by atoms with Gasteiger partial charge < -0.3 is 20.7 Å². The zero-order valence-electron chi connectivity index (χ0n) is 11.7. The third kappa shape index (κ3) is 3.80. The van der Waals surface area contributed by atoms with Crippen molar-refractivity contribution in [3.63, 3.8) is 0 Å². The van der Waals surface area contributed by atoms with Crippen molar-refractivity contribution in [1.82, 2.24) is 10.6 Å². The summed E-state index contributed by atoms with van der Waals surface area (Å²) >= 11 is 0. The summed E-state index contributed by atoms with van der Waals surface area (Å²) in [4.78, 5) is 24.1. The number of amides is 2. The summed E-state index contributed by atoms with van der Waals surface area (Å²) in [5.74, 6) is -0.234. The van der Waals surface area contributed by atoms with E-state index in [9.17, 15) is 9.59 Å². The van der Waals surface area contributed by atoms with Crippen LogP contribution in [0.4, 0.5) is 5.69 Å². The molecule has 0 radical (unpaired) electrons. The fraction of sp³-hybridized carbons (Fsp3) is 0.467. The molecule has 2 amide bonds. The molecule has 1 aliphatic heterocycles. The van der Waals surface area contributed by atoms with Gasteiger partial charge in [-0.2, -0.15) is 0 Å². The van der Waals surface area contributed by atoms with Crippen molar-refractivity contribution >= 4 is 17.5 Å². The highest BCUT2D eigenvalue weighted by Gasteiger charge is 2.24. The fourth-order valence-electron chi connectivity index (χ4n) is 2.20. The van der Waals surface area contributed by atoms with Crippen LogP contribution in [0, 0.1) is 0 Å². The molecular weight excluding hydrogens is 270 g/mol. The summed E-state index contributed by atoms with van der Waals surface area (Å²) in [5, 5.41) is 8.84. The molecule has 21 heavy (non-hydrogen) atoms. The minimum Gasteiger partial charge on any atom is -0.378 e. The molecule has 6 heteroatoms. The lowest BCUT2D eigenvalue weighted by Gasteiger charge is -2.22. The lowest BCUT2D eigenvalue weighted by atomic mass is 10.1. The molecule has 1 saturated carbocycles. The van der Waals surface area contributed by atoms with Gasteiger partial charge in [0.25, 0.3) is 5.91 Å². The molecule has 1 aliphatic carbocycles. The predicted molar refractivity (Wildman–Crippen MR) is 78.2 cm³/mol. The van der Waals surface area contributed by atoms with Crippen molar-refractivity contribution < 1.29 is 14.3 Å². The van der Waals surface area contributed by atoms with E-state index in [0.29, 0.717) is 37.1 Å². The molecule has 2 aliphatic rings. The highest BCUT2D eigenvalue weighted by Crippen LogP contribution is 2.20. The first kappa shape index (κ1) is 14.0. The van der Waals surface area contributed by atoms with Crippen LogP contribution in [0.1, 0.15) is 23.2 Å². The second kappa shape index (κ2) is 6.24. The summed E-state index contributed by atoms with van der Waals surface area (Å²) in [7, 11) is 0. The predicted octanol–water partition coefficient (Wildman–Crippen LogP) is 0.506. The molecule has 1 heterocycles. The molecule has 6 nitrogen and oxygen atoms in total. The van der Waals surface area contributed by atoms with Gasteiger partial charge in [-0.3, -0.25) is 9.59 Å². The minimum atomic E-state index is -0.345. The Morgan fingerprint density at radius 1 is 1.29 bits per heavy atom. The van der Waals surface area contributed by atoms with Crippen LogP contribution in [0.2, 0.25) is 0 Å². The number of nitrogens with one attached hydrogen (secondary N) is 3. The quantitative estimate of drug-likeness (QED) is 0.754. The van der Waals surface area contributed by atoms with Crippen LogP contribution in [0.25, 0.3) is 0 Å². The largest absolute Gasteiger partial charge is 0.378 e. The Balaban J connectivity index is 1.61. The number of carbonyl (C=O) groups is 2. The molecule has 1 saturated heterocycles. The standard InChI is InChI=1S/C15H19N3O3/c19-14(17-11-4-5-11)10-2-1-3-12(8-10)18-15(20)13-9-21-7-6-16-13/h1-3,8,11,13,16H,4-7,9H2,(H,17,19)(H,18,20). The van der Waals surface area contributed by atoms with Gasteiger partial charge in [0.2, 0.25) is 5.91 Å². The molecule has 0 spiro atoms. The van der Waals surface area contributed by atoms with Crippen molar-refractivity contribution in [2.45, 2.75) is 24.9 Å². The van der Waals surface area contributed by atoms with Crippen LogP contribution >= 0.6 is 0 Å². The number of anilines is 1. The maximum Gasteiger partial charge on any atom is 0.251 e. The van der Waals surface area contributed by atoms with Crippen LogP contribution in [-0.4, -0.2) is 43.7 Å². The number of morpholine rings is 1. The van der Waals surface area contributed by atoms with Gasteiger partial charge in [0.05, 0.1) is 13.2 Å². The van der Waals surface area contributed by atoms with Gasteiger partial charge in [0, 0.05) is 23.8 Å². The molecule has 3 rings (SSSR count). The van der Waals surface area contributed by atoms with E-state index in [1.54, 1.807) is 24.3 Å². The second-order valence-corrected chi connectivity index (χ2v) is 5.40. The highest BCUT2D eigenvalue weighted by atomic mass is 16.5. The summed E-state index contributed by atoms with van der Waals surface area (Å²) < 4.78 is 5.27. The van der Waals surface area contributed by atoms with E-state index in [-0.39, 0.29) is 17.9 Å². The Labute approximate surface area is 123 Å². The minimum absolute atomic E-state index is 0.0901. The van der Waals surface area contributed by atoms with E-state index in [1.807, 2.05) is 0 Å². The average Bonchev–Trinajstić information content (AvgIpc) is 3.32. The molecule has 1 atom stereocenters. The Bertz CT molecular complexity index is 537. The van der Waals surface area contributed by atoms with Crippen molar-refractivity contribution in [1.29, 1.82) is 0 Å². The first-order valence-corrected chi connectivity index (χ1v) is 7.25. The lowest BCUT2D eigenvalue weighted by Crippen LogP contribution is -2.48. The fourth-order valence-corrected chi connectivity index (χ4v) is 2.20. The normalized spacial score (nSPS) is 21.6. The molecule has 112 valence electrons. The first-order chi connectivity index (χ1) is 10.2. The molecule has 1 aromatic carbocycles. The van der Waals surface area contributed by atoms with Crippen molar-refractivity contribution in [3.8, 4) is 0 Å². The molecule has 0 aromatic heterocycles. The van der Waals surface area contributed by atoms with Gasteiger partial charge in [-0.05, 0) is 31.0 Å². The molecular formula is C15H19N3O3. The zero-order valence-corrected chi connectivity index (χ0v) is 11.7. The Hall–Kier alpha value is -1.92. The van der Waals surface area contributed by atoms with E-state index in [1.165, 1.54) is 0 Å². The monoisotopic (exact) mass is 289 g/mol. The summed E-state index contributed by atoms with van der Waals surface area (Å²) in [6.07, 6.45) is 2.10. The van der Waals surface area contributed by atoms with E-state index >= 15 is 0 Å². The van der Waals surface area contributed by atoms with Crippen molar-refractivity contribution in [2.24, 2.45) is 0 Å². The third-order valence-electron chi connectivity index (χ3n) is 3.54. The molecule has 1 aromatic rings. The number of hydrogen-bond acceptors (Lipinski definition) is 4. The van der Waals surface area contributed by atoms with Gasteiger partial charge in [-0.15, -0.1) is 0 Å². The van der Waals surface area contributed by atoms with Crippen molar-refractivity contribution in [2.75, 3.05) is 25.1 Å². The van der Waals surface area contributed by atoms with Crippen LogP contribution in [-0.2, 0) is 9.53 Å². The van der Waals surface area contributed by atoms with Crippen LogP contribution in [0.5, 0.6) is 0 Å². The van der Waals surface area contributed by atoms with Gasteiger partial charge in [-0.1, -0.05) is 6.07 Å². The Kier molecular flexibility index (Phi) is 4.17. The summed E-state index contributed by atoms with van der Waals surface area (Å²) in [6.45, 7) is 1.66. The summed E-state index contributed by atoms with van der Waals surface area (Å²) in [5.41, 5.74) is 1.18. The number of benzene rings is 1. The number of ether oxygens (including phenoxy) is 1. The van der Waals surface area contributed by atoms with Crippen LogP contribution in [0.15, 0.2) is 24.3 Å². The van der Waals surface area contributed by atoms with Gasteiger partial charge in [0.15, 0.2) is 0 Å². The Morgan fingerprint density at radius 3 is 2.86 bits per heavy atom. The lowest BCUT2D eigenvalue weighted by molar-refractivity contribution is -0.120. The number of rotatable bonds is 4. The van der Waals surface area contributed by atoms with E-state index in [2.05, 4.69) is 16.0 Å². The second-order valence-electron chi connectivity index (χ2n) is 5.40. The summed E-state index contributed by atoms with van der Waals surface area (Å²) in [6, 6.07) is 6.95. The molecule has 3 N–H and O–H groups in total. The molecule has 2 fully saturated rings. The topological polar surface area (TPSA) is 79.5 Å². The van der Waals surface area contributed by atoms with Crippen LogP contribution < -0.4 is 16.0 Å². The maximum absolute atomic E-state index is 12.1. The van der Waals surface area contributed by atoms with E-state index in [4.69, 9.17) is 4.74 Å². The Morgan fingerprint density at radius 2 is 2.14 bits per heavy atom. The number of hydrogen-bond donors (Lipinski definition) is 3. The SMILES string of the molecule is O=C(NC1CC1)c1cccc(NC(=O)C2COCCN2)c1. The maximum atomic E-state index is 12.1. The average molecular weight is 289 g/mol. The third-order valence-corrected chi connectivity index (χ3v) is 3.54. The number of carbonyl (C=O) groups excluding carboxylic acids is 2. The molecule has 1 unspecified atom stereocenters. The van der Waals surface area contributed by atoms with Crippen molar-refractivity contribution in [3.05, 3.63) is 29.8 Å². The first-order valence-electron chi connectivity index (χ1n) is 7.25. The van der Waals surface area contributed by atoms with Gasteiger partial charge >= 0.3 is 0 Å². The highest BCUT2D eigenvalue weighted by molar-refractivity contribution is 5.98. The van der Waals surface area contributed by atoms with E-state index in [0.717, 1.165) is 12.8 Å². The smallest absolute Gasteiger partial charge is 0.251 e.